The summed E-state index contributed by atoms with van der Waals surface area (Å²) in [6.45, 7) is 3.55. The molecule has 2 fully saturated rings. The van der Waals surface area contributed by atoms with E-state index in [0.29, 0.717) is 6.54 Å². The Morgan fingerprint density at radius 2 is 2.05 bits per heavy atom. The summed E-state index contributed by atoms with van der Waals surface area (Å²) in [6, 6.07) is -0.0515. The number of rotatable bonds is 4. The third kappa shape index (κ3) is 3.48. The van der Waals surface area contributed by atoms with E-state index in [9.17, 15) is 9.90 Å². The number of nitrogens with zero attached hydrogens (tertiary/aromatic N) is 1. The highest BCUT2D eigenvalue weighted by atomic mass is 16.3. The molecule has 1 heterocycles. The molecule has 2 rings (SSSR count). The van der Waals surface area contributed by atoms with Crippen molar-refractivity contribution in [2.75, 3.05) is 20.1 Å². The van der Waals surface area contributed by atoms with Crippen LogP contribution in [0.25, 0.3) is 0 Å². The van der Waals surface area contributed by atoms with Gasteiger partial charge < -0.3 is 15.3 Å². The predicted molar refractivity (Wildman–Crippen MR) is 75.9 cm³/mol. The third-order valence-electron chi connectivity index (χ3n) is 4.98. The molecule has 19 heavy (non-hydrogen) atoms. The summed E-state index contributed by atoms with van der Waals surface area (Å²) >= 11 is 0. The number of carbonyl (C=O) groups is 1. The van der Waals surface area contributed by atoms with E-state index in [-0.39, 0.29) is 11.9 Å². The Morgan fingerprint density at radius 3 is 2.63 bits per heavy atom. The van der Waals surface area contributed by atoms with Gasteiger partial charge >= 0.3 is 0 Å². The fourth-order valence-corrected chi connectivity index (χ4v) is 3.50. The quantitative estimate of drug-likeness (QED) is 0.813. The van der Waals surface area contributed by atoms with Crippen LogP contribution in [-0.2, 0) is 4.79 Å². The van der Waals surface area contributed by atoms with Crippen LogP contribution in [0.2, 0.25) is 0 Å². The molecule has 2 aliphatic rings. The van der Waals surface area contributed by atoms with Crippen LogP contribution in [0.5, 0.6) is 0 Å². The minimum absolute atomic E-state index is 0.0515. The largest absolute Gasteiger partial charge is 0.388 e. The van der Waals surface area contributed by atoms with Gasteiger partial charge in [-0.25, -0.2) is 0 Å². The molecule has 1 atom stereocenters. The highest BCUT2D eigenvalue weighted by Gasteiger charge is 2.37. The smallest absolute Gasteiger partial charge is 0.239 e. The van der Waals surface area contributed by atoms with Crippen LogP contribution in [0.3, 0.4) is 0 Å². The zero-order chi connectivity index (χ0) is 13.9. The number of likely N-dealkylation sites (N-methyl/N-ethyl adjacent to an activating group) is 1. The van der Waals surface area contributed by atoms with E-state index in [1.54, 1.807) is 0 Å². The van der Waals surface area contributed by atoms with Crippen molar-refractivity contribution in [1.82, 2.24) is 10.2 Å². The summed E-state index contributed by atoms with van der Waals surface area (Å²) in [5.74, 6) is 0.933. The van der Waals surface area contributed by atoms with E-state index in [1.165, 1.54) is 6.42 Å². The third-order valence-corrected chi connectivity index (χ3v) is 4.98. The second-order valence-corrected chi connectivity index (χ2v) is 6.32. The van der Waals surface area contributed by atoms with Crippen molar-refractivity contribution in [1.29, 1.82) is 0 Å². The fourth-order valence-electron chi connectivity index (χ4n) is 3.50. The Balaban J connectivity index is 1.91. The standard InChI is InChI=1S/C15H28N2O2/c1-3-12-6-8-15(19,9-7-12)11-17-10-4-5-13(16-2)14(17)18/h12-13,16,19H,3-11H2,1-2H3. The van der Waals surface area contributed by atoms with E-state index < -0.39 is 5.60 Å². The number of piperidine rings is 1. The SMILES string of the molecule is CCC1CCC(O)(CN2CCCC(NC)C2=O)CC1. The molecule has 1 aliphatic heterocycles. The Labute approximate surface area is 116 Å². The average molecular weight is 268 g/mol. The van der Waals surface area contributed by atoms with Crippen molar-refractivity contribution in [2.24, 2.45) is 5.92 Å². The first-order valence-electron chi connectivity index (χ1n) is 7.76. The van der Waals surface area contributed by atoms with Crippen LogP contribution in [0, 0.1) is 5.92 Å². The van der Waals surface area contributed by atoms with Crippen molar-refractivity contribution in [3.63, 3.8) is 0 Å². The summed E-state index contributed by atoms with van der Waals surface area (Å²) in [5.41, 5.74) is -0.642. The van der Waals surface area contributed by atoms with E-state index >= 15 is 0 Å². The number of hydrogen-bond acceptors (Lipinski definition) is 3. The zero-order valence-corrected chi connectivity index (χ0v) is 12.3. The summed E-state index contributed by atoms with van der Waals surface area (Å²) in [4.78, 5) is 14.1. The molecule has 0 radical (unpaired) electrons. The lowest BCUT2D eigenvalue weighted by molar-refractivity contribution is -0.141. The van der Waals surface area contributed by atoms with Crippen molar-refractivity contribution < 1.29 is 9.90 Å². The maximum absolute atomic E-state index is 12.2. The fraction of sp³-hybridized carbons (Fsp3) is 0.933. The highest BCUT2D eigenvalue weighted by Crippen LogP contribution is 2.34. The minimum atomic E-state index is -0.642. The Hall–Kier alpha value is -0.610. The molecular formula is C15H28N2O2. The number of aliphatic hydroxyl groups is 1. The van der Waals surface area contributed by atoms with Crippen LogP contribution < -0.4 is 5.32 Å². The van der Waals surface area contributed by atoms with Gasteiger partial charge in [0.1, 0.15) is 0 Å². The van der Waals surface area contributed by atoms with E-state index in [2.05, 4.69) is 12.2 Å². The van der Waals surface area contributed by atoms with Gasteiger partial charge in [0.25, 0.3) is 0 Å². The molecular weight excluding hydrogens is 240 g/mol. The molecule has 0 aromatic rings. The number of carbonyl (C=O) groups excluding carboxylic acids is 1. The monoisotopic (exact) mass is 268 g/mol. The van der Waals surface area contributed by atoms with Crippen LogP contribution in [0.4, 0.5) is 0 Å². The van der Waals surface area contributed by atoms with Gasteiger partial charge in [0.05, 0.1) is 11.6 Å². The van der Waals surface area contributed by atoms with Crippen LogP contribution in [0.1, 0.15) is 51.9 Å². The van der Waals surface area contributed by atoms with Gasteiger partial charge in [0, 0.05) is 13.1 Å². The molecule has 0 bridgehead atoms. The molecule has 1 aliphatic carbocycles. The van der Waals surface area contributed by atoms with Crippen molar-refractivity contribution in [2.45, 2.75) is 63.5 Å². The second-order valence-electron chi connectivity index (χ2n) is 6.32. The molecule has 0 spiro atoms. The number of β-amino-alcohol motifs (C(OH)–C–C–N with tert-alkyl or cyclic N) is 1. The van der Waals surface area contributed by atoms with E-state index in [1.807, 2.05) is 11.9 Å². The molecule has 1 saturated carbocycles. The molecule has 1 saturated heterocycles. The normalized spacial score (nSPS) is 36.6. The number of amides is 1. The predicted octanol–water partition coefficient (Wildman–Crippen LogP) is 1.53. The summed E-state index contributed by atoms with van der Waals surface area (Å²) in [5, 5.41) is 13.8. The number of hydrogen-bond donors (Lipinski definition) is 2. The van der Waals surface area contributed by atoms with Gasteiger partial charge in [-0.15, -0.1) is 0 Å². The Bertz CT molecular complexity index is 311. The second kappa shape index (κ2) is 6.23. The highest BCUT2D eigenvalue weighted by molar-refractivity contribution is 5.82. The molecule has 110 valence electrons. The summed E-state index contributed by atoms with van der Waals surface area (Å²) < 4.78 is 0. The van der Waals surface area contributed by atoms with Crippen LogP contribution >= 0.6 is 0 Å². The molecule has 2 N–H and O–H groups in total. The lowest BCUT2D eigenvalue weighted by atomic mass is 9.77. The summed E-state index contributed by atoms with van der Waals surface area (Å²) in [7, 11) is 1.84. The minimum Gasteiger partial charge on any atom is -0.388 e. The maximum atomic E-state index is 12.2. The van der Waals surface area contributed by atoms with Crippen LogP contribution in [0.15, 0.2) is 0 Å². The Morgan fingerprint density at radius 1 is 1.37 bits per heavy atom. The van der Waals surface area contributed by atoms with Crippen molar-refractivity contribution >= 4 is 5.91 Å². The average Bonchev–Trinajstić information content (AvgIpc) is 2.42. The first-order chi connectivity index (χ1) is 9.08. The topological polar surface area (TPSA) is 52.6 Å². The van der Waals surface area contributed by atoms with Gasteiger partial charge in [-0.05, 0) is 51.5 Å². The van der Waals surface area contributed by atoms with Gasteiger partial charge in [-0.3, -0.25) is 4.79 Å². The summed E-state index contributed by atoms with van der Waals surface area (Å²) in [6.07, 6.45) is 7.06. The van der Waals surface area contributed by atoms with Gasteiger partial charge in [0.15, 0.2) is 0 Å². The first-order valence-corrected chi connectivity index (χ1v) is 7.76. The van der Waals surface area contributed by atoms with Gasteiger partial charge in [-0.2, -0.15) is 0 Å². The number of nitrogens with one attached hydrogen (secondary N) is 1. The molecule has 1 unspecified atom stereocenters. The van der Waals surface area contributed by atoms with Gasteiger partial charge in [0.2, 0.25) is 5.91 Å². The first kappa shape index (κ1) is 14.8. The lowest BCUT2D eigenvalue weighted by Crippen LogP contribution is -2.55. The molecule has 0 aromatic carbocycles. The molecule has 0 aromatic heterocycles. The number of likely N-dealkylation sites (tertiary alicyclic amines) is 1. The molecule has 1 amide bonds. The molecule has 4 heteroatoms. The van der Waals surface area contributed by atoms with E-state index in [4.69, 9.17) is 0 Å². The lowest BCUT2D eigenvalue weighted by Gasteiger charge is -2.41. The molecule has 4 nitrogen and oxygen atoms in total. The van der Waals surface area contributed by atoms with Crippen molar-refractivity contribution in [3.8, 4) is 0 Å². The zero-order valence-electron chi connectivity index (χ0n) is 12.3. The maximum Gasteiger partial charge on any atom is 0.239 e. The van der Waals surface area contributed by atoms with Crippen LogP contribution in [-0.4, -0.2) is 47.7 Å². The Kier molecular flexibility index (Phi) is 4.85. The van der Waals surface area contributed by atoms with E-state index in [0.717, 1.165) is 51.0 Å². The van der Waals surface area contributed by atoms with Gasteiger partial charge in [-0.1, -0.05) is 13.3 Å². The van der Waals surface area contributed by atoms with Crippen molar-refractivity contribution in [3.05, 3.63) is 0 Å².